The Morgan fingerprint density at radius 3 is 2.62 bits per heavy atom. The zero-order valence-electron chi connectivity index (χ0n) is 9.61. The zero-order chi connectivity index (χ0) is 11.2. The van der Waals surface area contributed by atoms with Crippen LogP contribution in [0.3, 0.4) is 0 Å². The van der Waals surface area contributed by atoms with Gasteiger partial charge in [-0.05, 0) is 38.1 Å². The van der Waals surface area contributed by atoms with Crippen LogP contribution in [0.4, 0.5) is 0 Å². The molecular weight excluding hydrogens is 204 g/mol. The van der Waals surface area contributed by atoms with Crippen molar-refractivity contribution in [2.24, 2.45) is 11.8 Å². The predicted octanol–water partition coefficient (Wildman–Crippen LogP) is -0.0307. The van der Waals surface area contributed by atoms with E-state index in [0.29, 0.717) is 19.0 Å². The second-order valence-electron chi connectivity index (χ2n) is 5.62. The summed E-state index contributed by atoms with van der Waals surface area (Å²) in [5.41, 5.74) is -0.530. The Bertz CT molecular complexity index is 289. The maximum absolute atomic E-state index is 12.1. The summed E-state index contributed by atoms with van der Waals surface area (Å²) in [7, 11) is 0. The number of aliphatic hydroxyl groups is 1. The number of piperidine rings is 1. The van der Waals surface area contributed by atoms with Gasteiger partial charge in [-0.25, -0.2) is 0 Å². The van der Waals surface area contributed by atoms with Gasteiger partial charge in [0.25, 0.3) is 0 Å². The Balaban J connectivity index is 1.53. The molecule has 3 aliphatic rings. The molecule has 0 aromatic rings. The molecule has 4 nitrogen and oxygen atoms in total. The number of amides is 1. The number of hydrogen-bond donors (Lipinski definition) is 2. The van der Waals surface area contributed by atoms with E-state index in [1.807, 2.05) is 4.90 Å². The Morgan fingerprint density at radius 1 is 1.31 bits per heavy atom. The number of β-amino-alcohol motifs (C(OH)–C–C–N with tert-alkyl or cyclic N) is 1. The molecule has 3 rings (SSSR count). The van der Waals surface area contributed by atoms with E-state index in [1.54, 1.807) is 0 Å². The van der Waals surface area contributed by atoms with Gasteiger partial charge in [-0.3, -0.25) is 4.79 Å². The van der Waals surface area contributed by atoms with Gasteiger partial charge in [-0.15, -0.1) is 0 Å². The smallest absolute Gasteiger partial charge is 0.227 e. The predicted molar refractivity (Wildman–Crippen MR) is 59.8 cm³/mol. The highest BCUT2D eigenvalue weighted by Crippen LogP contribution is 2.44. The third kappa shape index (κ3) is 1.74. The fraction of sp³-hybridized carbons (Fsp3) is 0.917. The van der Waals surface area contributed by atoms with Gasteiger partial charge < -0.3 is 15.3 Å². The van der Waals surface area contributed by atoms with Crippen LogP contribution in [-0.2, 0) is 4.79 Å². The summed E-state index contributed by atoms with van der Waals surface area (Å²) in [4.78, 5) is 13.9. The number of carbonyl (C=O) groups is 1. The molecule has 3 fully saturated rings. The van der Waals surface area contributed by atoms with Crippen LogP contribution in [-0.4, -0.2) is 47.7 Å². The molecule has 0 unspecified atom stereocenters. The zero-order valence-corrected chi connectivity index (χ0v) is 9.61. The van der Waals surface area contributed by atoms with Gasteiger partial charge in [0, 0.05) is 6.54 Å². The summed E-state index contributed by atoms with van der Waals surface area (Å²) in [5.74, 6) is 0.871. The first kappa shape index (κ1) is 10.5. The molecule has 90 valence electrons. The first-order chi connectivity index (χ1) is 7.69. The van der Waals surface area contributed by atoms with Gasteiger partial charge in [0.15, 0.2) is 0 Å². The summed E-state index contributed by atoms with van der Waals surface area (Å²) >= 11 is 0. The van der Waals surface area contributed by atoms with E-state index < -0.39 is 5.60 Å². The van der Waals surface area contributed by atoms with Crippen molar-refractivity contribution < 1.29 is 9.90 Å². The van der Waals surface area contributed by atoms with E-state index in [9.17, 15) is 9.90 Å². The largest absolute Gasteiger partial charge is 0.386 e. The van der Waals surface area contributed by atoms with Crippen LogP contribution in [0.25, 0.3) is 0 Å². The number of nitrogens with one attached hydrogen (secondary N) is 1. The topological polar surface area (TPSA) is 52.6 Å². The third-order valence-corrected chi connectivity index (χ3v) is 4.22. The molecule has 0 spiro atoms. The van der Waals surface area contributed by atoms with E-state index in [4.69, 9.17) is 0 Å². The molecule has 4 heteroatoms. The lowest BCUT2D eigenvalue weighted by Gasteiger charge is -2.48. The molecule has 16 heavy (non-hydrogen) atoms. The van der Waals surface area contributed by atoms with Crippen LogP contribution >= 0.6 is 0 Å². The van der Waals surface area contributed by atoms with Gasteiger partial charge in [0.2, 0.25) is 5.91 Å². The van der Waals surface area contributed by atoms with Crippen LogP contribution in [0, 0.1) is 11.8 Å². The van der Waals surface area contributed by atoms with Crippen molar-refractivity contribution in [1.29, 1.82) is 0 Å². The van der Waals surface area contributed by atoms with Gasteiger partial charge in [-0.1, -0.05) is 0 Å². The average Bonchev–Trinajstić information content (AvgIpc) is 3.09. The summed E-state index contributed by atoms with van der Waals surface area (Å²) in [6.07, 6.45) is 4.38. The van der Waals surface area contributed by atoms with E-state index in [1.165, 1.54) is 0 Å². The van der Waals surface area contributed by atoms with Crippen LogP contribution in [0.1, 0.15) is 25.7 Å². The van der Waals surface area contributed by atoms with Gasteiger partial charge >= 0.3 is 0 Å². The number of nitrogens with zero attached hydrogens (tertiary/aromatic N) is 1. The SMILES string of the molecule is O=C([C@@H]1CCCNC1)N1CC(O)(C2CC2)C1. The van der Waals surface area contributed by atoms with Crippen molar-refractivity contribution >= 4 is 5.91 Å². The van der Waals surface area contributed by atoms with Crippen molar-refractivity contribution in [3.63, 3.8) is 0 Å². The fourth-order valence-corrected chi connectivity index (χ4v) is 2.97. The summed E-state index contributed by atoms with van der Waals surface area (Å²) in [6.45, 7) is 3.01. The van der Waals surface area contributed by atoms with E-state index >= 15 is 0 Å². The first-order valence-electron chi connectivity index (χ1n) is 6.41. The normalized spacial score (nSPS) is 33.3. The molecule has 2 N–H and O–H groups in total. The van der Waals surface area contributed by atoms with E-state index in [-0.39, 0.29) is 11.8 Å². The Kier molecular flexibility index (Phi) is 2.44. The molecule has 1 atom stereocenters. The molecule has 0 bridgehead atoms. The molecule has 2 heterocycles. The number of hydrogen-bond acceptors (Lipinski definition) is 3. The molecule has 0 radical (unpaired) electrons. The van der Waals surface area contributed by atoms with Crippen LogP contribution < -0.4 is 5.32 Å². The second-order valence-corrected chi connectivity index (χ2v) is 5.62. The minimum absolute atomic E-state index is 0.150. The first-order valence-corrected chi connectivity index (χ1v) is 6.41. The average molecular weight is 224 g/mol. The van der Waals surface area contributed by atoms with Gasteiger partial charge in [0.1, 0.15) is 5.60 Å². The summed E-state index contributed by atoms with van der Waals surface area (Å²) < 4.78 is 0. The minimum atomic E-state index is -0.530. The maximum Gasteiger partial charge on any atom is 0.227 e. The number of carbonyl (C=O) groups excluding carboxylic acids is 1. The third-order valence-electron chi connectivity index (χ3n) is 4.22. The molecule has 1 amide bonds. The highest BCUT2D eigenvalue weighted by atomic mass is 16.3. The highest BCUT2D eigenvalue weighted by molar-refractivity contribution is 5.80. The second kappa shape index (κ2) is 3.70. The number of rotatable bonds is 2. The Labute approximate surface area is 96.0 Å². The molecular formula is C12H20N2O2. The van der Waals surface area contributed by atoms with Crippen molar-refractivity contribution in [3.8, 4) is 0 Å². The standard InChI is InChI=1S/C12H20N2O2/c15-11(9-2-1-5-13-6-9)14-7-12(16,8-14)10-3-4-10/h9-10,13,16H,1-8H2/t9-/m1/s1. The summed E-state index contributed by atoms with van der Waals surface area (Å²) in [5, 5.41) is 13.4. The Hall–Kier alpha value is -0.610. The van der Waals surface area contributed by atoms with Crippen molar-refractivity contribution in [1.82, 2.24) is 10.2 Å². The van der Waals surface area contributed by atoms with E-state index in [0.717, 1.165) is 38.8 Å². The van der Waals surface area contributed by atoms with Gasteiger partial charge in [0.05, 0.1) is 19.0 Å². The van der Waals surface area contributed by atoms with Crippen molar-refractivity contribution in [2.45, 2.75) is 31.3 Å². The van der Waals surface area contributed by atoms with Crippen molar-refractivity contribution in [3.05, 3.63) is 0 Å². The lowest BCUT2D eigenvalue weighted by molar-refractivity contribution is -0.163. The van der Waals surface area contributed by atoms with Gasteiger partial charge in [-0.2, -0.15) is 0 Å². The van der Waals surface area contributed by atoms with Crippen LogP contribution in [0.15, 0.2) is 0 Å². The van der Waals surface area contributed by atoms with Crippen LogP contribution in [0.5, 0.6) is 0 Å². The molecule has 0 aromatic carbocycles. The lowest BCUT2D eigenvalue weighted by atomic mass is 9.86. The van der Waals surface area contributed by atoms with E-state index in [2.05, 4.69) is 5.32 Å². The monoisotopic (exact) mass is 224 g/mol. The van der Waals surface area contributed by atoms with Crippen LogP contribution in [0.2, 0.25) is 0 Å². The lowest BCUT2D eigenvalue weighted by Crippen LogP contribution is -2.66. The van der Waals surface area contributed by atoms with Crippen molar-refractivity contribution in [2.75, 3.05) is 26.2 Å². The fourth-order valence-electron chi connectivity index (χ4n) is 2.97. The molecule has 2 aliphatic heterocycles. The number of likely N-dealkylation sites (tertiary alicyclic amines) is 1. The maximum atomic E-state index is 12.1. The molecule has 1 saturated carbocycles. The summed E-state index contributed by atoms with van der Waals surface area (Å²) in [6, 6.07) is 0. The molecule has 0 aromatic heterocycles. The quantitative estimate of drug-likeness (QED) is 0.692. The molecule has 2 saturated heterocycles. The highest BCUT2D eigenvalue weighted by Gasteiger charge is 2.53. The minimum Gasteiger partial charge on any atom is -0.386 e. The molecule has 1 aliphatic carbocycles. The Morgan fingerprint density at radius 2 is 2.06 bits per heavy atom.